The van der Waals surface area contributed by atoms with E-state index in [1.807, 2.05) is 6.92 Å². The first kappa shape index (κ1) is 14.2. The first-order valence-electron chi connectivity index (χ1n) is 6.41. The Bertz CT molecular complexity index is 609. The quantitative estimate of drug-likeness (QED) is 0.877. The van der Waals surface area contributed by atoms with Gasteiger partial charge in [0.25, 0.3) is 0 Å². The van der Waals surface area contributed by atoms with Gasteiger partial charge in [-0.1, -0.05) is 0 Å². The molecule has 5 nitrogen and oxygen atoms in total. The SMILES string of the molecule is Cc1cnn(-c2ccc(NC(=O)CCCN)cc2F)c1. The molecule has 20 heavy (non-hydrogen) atoms. The van der Waals surface area contributed by atoms with E-state index in [-0.39, 0.29) is 5.91 Å². The second kappa shape index (κ2) is 6.29. The van der Waals surface area contributed by atoms with Gasteiger partial charge in [-0.05, 0) is 43.7 Å². The van der Waals surface area contributed by atoms with Crippen molar-refractivity contribution < 1.29 is 9.18 Å². The molecule has 0 aliphatic carbocycles. The molecule has 1 amide bonds. The van der Waals surface area contributed by atoms with Crippen LogP contribution in [0.4, 0.5) is 10.1 Å². The molecular formula is C14H17FN4O. The van der Waals surface area contributed by atoms with Crippen LogP contribution in [-0.4, -0.2) is 22.2 Å². The van der Waals surface area contributed by atoms with E-state index in [0.29, 0.717) is 30.8 Å². The number of aryl methyl sites for hydroxylation is 1. The Labute approximate surface area is 116 Å². The number of nitrogens with zero attached hydrogens (tertiary/aromatic N) is 2. The van der Waals surface area contributed by atoms with Gasteiger partial charge in [-0.3, -0.25) is 4.79 Å². The van der Waals surface area contributed by atoms with E-state index < -0.39 is 5.82 Å². The summed E-state index contributed by atoms with van der Waals surface area (Å²) in [5.41, 5.74) is 7.05. The zero-order valence-electron chi connectivity index (χ0n) is 11.3. The van der Waals surface area contributed by atoms with Gasteiger partial charge in [0, 0.05) is 18.3 Å². The number of halogens is 1. The molecule has 0 saturated heterocycles. The monoisotopic (exact) mass is 276 g/mol. The summed E-state index contributed by atoms with van der Waals surface area (Å²) in [7, 11) is 0. The zero-order chi connectivity index (χ0) is 14.5. The maximum absolute atomic E-state index is 14.0. The number of amides is 1. The molecule has 1 aromatic heterocycles. The number of hydrogen-bond donors (Lipinski definition) is 2. The first-order chi connectivity index (χ1) is 9.60. The highest BCUT2D eigenvalue weighted by molar-refractivity contribution is 5.90. The lowest BCUT2D eigenvalue weighted by Gasteiger charge is -2.08. The number of carbonyl (C=O) groups excluding carboxylic acids is 1. The van der Waals surface area contributed by atoms with E-state index in [1.165, 1.54) is 10.7 Å². The summed E-state index contributed by atoms with van der Waals surface area (Å²) in [6, 6.07) is 4.52. The molecule has 0 saturated carbocycles. The van der Waals surface area contributed by atoms with E-state index >= 15 is 0 Å². The number of hydrogen-bond acceptors (Lipinski definition) is 3. The number of benzene rings is 1. The molecule has 0 fully saturated rings. The van der Waals surface area contributed by atoms with Gasteiger partial charge < -0.3 is 11.1 Å². The Balaban J connectivity index is 2.12. The Morgan fingerprint density at radius 3 is 2.90 bits per heavy atom. The molecule has 6 heteroatoms. The van der Waals surface area contributed by atoms with Gasteiger partial charge in [-0.25, -0.2) is 9.07 Å². The van der Waals surface area contributed by atoms with Crippen LogP contribution < -0.4 is 11.1 Å². The van der Waals surface area contributed by atoms with Gasteiger partial charge in [0.05, 0.1) is 6.20 Å². The van der Waals surface area contributed by atoms with Crippen molar-refractivity contribution in [2.45, 2.75) is 19.8 Å². The summed E-state index contributed by atoms with van der Waals surface area (Å²) in [6.07, 6.45) is 4.33. The maximum atomic E-state index is 14.0. The fraction of sp³-hybridized carbons (Fsp3) is 0.286. The van der Waals surface area contributed by atoms with Crippen LogP contribution in [0, 0.1) is 12.7 Å². The Morgan fingerprint density at radius 1 is 1.50 bits per heavy atom. The smallest absolute Gasteiger partial charge is 0.224 e. The third-order valence-electron chi connectivity index (χ3n) is 2.80. The highest BCUT2D eigenvalue weighted by Crippen LogP contribution is 2.18. The van der Waals surface area contributed by atoms with Crippen molar-refractivity contribution in [2.75, 3.05) is 11.9 Å². The van der Waals surface area contributed by atoms with Crippen LogP contribution in [0.15, 0.2) is 30.6 Å². The highest BCUT2D eigenvalue weighted by Gasteiger charge is 2.08. The van der Waals surface area contributed by atoms with E-state index in [0.717, 1.165) is 5.56 Å². The average molecular weight is 276 g/mol. The summed E-state index contributed by atoms with van der Waals surface area (Å²) in [6.45, 7) is 2.34. The summed E-state index contributed by atoms with van der Waals surface area (Å²) in [5.74, 6) is -0.609. The predicted molar refractivity (Wildman–Crippen MR) is 75.2 cm³/mol. The van der Waals surface area contributed by atoms with E-state index in [9.17, 15) is 9.18 Å². The summed E-state index contributed by atoms with van der Waals surface area (Å²) >= 11 is 0. The Hall–Kier alpha value is -2.21. The zero-order valence-corrected chi connectivity index (χ0v) is 11.3. The molecule has 0 aliphatic heterocycles. The largest absolute Gasteiger partial charge is 0.330 e. The van der Waals surface area contributed by atoms with Gasteiger partial charge in [-0.2, -0.15) is 5.10 Å². The number of nitrogens with two attached hydrogens (primary N) is 1. The summed E-state index contributed by atoms with van der Waals surface area (Å²) in [5, 5.41) is 6.69. The van der Waals surface area contributed by atoms with Gasteiger partial charge in [0.1, 0.15) is 5.69 Å². The van der Waals surface area contributed by atoms with Crippen LogP contribution in [0.25, 0.3) is 5.69 Å². The van der Waals surface area contributed by atoms with Gasteiger partial charge in [0.15, 0.2) is 5.82 Å². The first-order valence-corrected chi connectivity index (χ1v) is 6.41. The van der Waals surface area contributed by atoms with Crippen LogP contribution in [0.2, 0.25) is 0 Å². The lowest BCUT2D eigenvalue weighted by molar-refractivity contribution is -0.116. The lowest BCUT2D eigenvalue weighted by Crippen LogP contribution is -2.13. The molecule has 1 heterocycles. The van der Waals surface area contributed by atoms with Crippen LogP contribution in [0.5, 0.6) is 0 Å². The molecule has 106 valence electrons. The van der Waals surface area contributed by atoms with Crippen molar-refractivity contribution in [1.82, 2.24) is 9.78 Å². The normalized spacial score (nSPS) is 10.6. The molecule has 0 spiro atoms. The van der Waals surface area contributed by atoms with Gasteiger partial charge in [0.2, 0.25) is 5.91 Å². The third kappa shape index (κ3) is 3.42. The molecule has 1 aromatic carbocycles. The Morgan fingerprint density at radius 2 is 2.30 bits per heavy atom. The van der Waals surface area contributed by atoms with Crippen LogP contribution in [0.1, 0.15) is 18.4 Å². The molecular weight excluding hydrogens is 259 g/mol. The number of anilines is 1. The topological polar surface area (TPSA) is 72.9 Å². The van der Waals surface area contributed by atoms with Crippen LogP contribution in [0.3, 0.4) is 0 Å². The second-order valence-electron chi connectivity index (χ2n) is 4.57. The second-order valence-corrected chi connectivity index (χ2v) is 4.57. The molecule has 0 bridgehead atoms. The van der Waals surface area contributed by atoms with Crippen molar-refractivity contribution >= 4 is 11.6 Å². The fourth-order valence-corrected chi connectivity index (χ4v) is 1.80. The number of carbonyl (C=O) groups is 1. The minimum atomic E-state index is -0.440. The van der Waals surface area contributed by atoms with Gasteiger partial charge >= 0.3 is 0 Å². The third-order valence-corrected chi connectivity index (χ3v) is 2.80. The van der Waals surface area contributed by atoms with Crippen molar-refractivity contribution in [3.63, 3.8) is 0 Å². The van der Waals surface area contributed by atoms with E-state index in [4.69, 9.17) is 5.73 Å². The molecule has 2 rings (SSSR count). The number of aromatic nitrogens is 2. The molecule has 0 aliphatic rings. The minimum absolute atomic E-state index is 0.169. The summed E-state index contributed by atoms with van der Waals surface area (Å²) in [4.78, 5) is 11.5. The molecule has 0 radical (unpaired) electrons. The minimum Gasteiger partial charge on any atom is -0.330 e. The lowest BCUT2D eigenvalue weighted by atomic mass is 10.2. The van der Waals surface area contributed by atoms with E-state index in [2.05, 4.69) is 10.4 Å². The van der Waals surface area contributed by atoms with Gasteiger partial charge in [-0.15, -0.1) is 0 Å². The van der Waals surface area contributed by atoms with Crippen molar-refractivity contribution in [1.29, 1.82) is 0 Å². The predicted octanol–water partition coefficient (Wildman–Crippen LogP) is 2.00. The number of rotatable bonds is 5. The highest BCUT2D eigenvalue weighted by atomic mass is 19.1. The van der Waals surface area contributed by atoms with E-state index in [1.54, 1.807) is 24.5 Å². The standard InChI is InChI=1S/C14H17FN4O/c1-10-8-17-19(9-10)13-5-4-11(7-12(13)15)18-14(20)3-2-6-16/h4-5,7-9H,2-3,6,16H2,1H3,(H,18,20). The Kier molecular flexibility index (Phi) is 4.47. The fourth-order valence-electron chi connectivity index (χ4n) is 1.80. The van der Waals surface area contributed by atoms with Crippen molar-refractivity contribution in [3.8, 4) is 5.69 Å². The molecule has 0 unspecified atom stereocenters. The van der Waals surface area contributed by atoms with Crippen molar-refractivity contribution in [3.05, 3.63) is 42.0 Å². The van der Waals surface area contributed by atoms with Crippen molar-refractivity contribution in [2.24, 2.45) is 5.73 Å². The van der Waals surface area contributed by atoms with Crippen LogP contribution in [-0.2, 0) is 4.79 Å². The number of nitrogens with one attached hydrogen (secondary N) is 1. The molecule has 2 aromatic rings. The molecule has 3 N–H and O–H groups in total. The molecule has 0 atom stereocenters. The maximum Gasteiger partial charge on any atom is 0.224 e. The average Bonchev–Trinajstić information content (AvgIpc) is 2.83. The summed E-state index contributed by atoms with van der Waals surface area (Å²) < 4.78 is 15.5. The van der Waals surface area contributed by atoms with Crippen LogP contribution >= 0.6 is 0 Å².